The maximum Gasteiger partial charge on any atom is 0.136 e. The van der Waals surface area contributed by atoms with E-state index < -0.39 is 0 Å². The Balaban J connectivity index is 2.38. The van der Waals surface area contributed by atoms with Gasteiger partial charge in [0.15, 0.2) is 0 Å². The summed E-state index contributed by atoms with van der Waals surface area (Å²) in [7, 11) is 1.71. The Labute approximate surface area is 98.9 Å². The molecule has 0 spiro atoms. The van der Waals surface area contributed by atoms with Crippen molar-refractivity contribution in [3.8, 4) is 5.75 Å². The van der Waals surface area contributed by atoms with Gasteiger partial charge in [0.05, 0.1) is 11.6 Å². The van der Waals surface area contributed by atoms with Gasteiger partial charge < -0.3 is 10.5 Å². The lowest BCUT2D eigenvalue weighted by Crippen LogP contribution is -2.25. The number of hydrogen-bond donors (Lipinski definition) is 1. The van der Waals surface area contributed by atoms with Crippen molar-refractivity contribution in [2.24, 2.45) is 5.73 Å². The SMILES string of the molecule is COc1c(Br)ccc(C)c1CC1(N)CC1. The molecule has 1 aromatic rings. The highest BCUT2D eigenvalue weighted by molar-refractivity contribution is 9.10. The number of nitrogens with two attached hydrogens (primary N) is 1. The van der Waals surface area contributed by atoms with Crippen LogP contribution in [0.2, 0.25) is 0 Å². The molecule has 0 aromatic heterocycles. The van der Waals surface area contributed by atoms with E-state index in [1.165, 1.54) is 11.1 Å². The lowest BCUT2D eigenvalue weighted by molar-refractivity contribution is 0.404. The highest BCUT2D eigenvalue weighted by Gasteiger charge is 2.39. The molecule has 82 valence electrons. The zero-order valence-electron chi connectivity index (χ0n) is 9.14. The Morgan fingerprint density at radius 1 is 1.47 bits per heavy atom. The monoisotopic (exact) mass is 269 g/mol. The molecule has 1 aliphatic carbocycles. The Hall–Kier alpha value is -0.540. The average Bonchev–Trinajstić information content (AvgIpc) is 2.91. The Bertz CT molecular complexity index is 385. The summed E-state index contributed by atoms with van der Waals surface area (Å²) in [5, 5.41) is 0. The zero-order chi connectivity index (χ0) is 11.1. The van der Waals surface area contributed by atoms with E-state index in [1.807, 2.05) is 6.07 Å². The third kappa shape index (κ3) is 2.18. The normalized spacial score (nSPS) is 17.6. The van der Waals surface area contributed by atoms with Crippen LogP contribution < -0.4 is 10.5 Å². The van der Waals surface area contributed by atoms with Crippen molar-refractivity contribution < 1.29 is 4.74 Å². The maximum absolute atomic E-state index is 6.15. The Morgan fingerprint density at radius 2 is 2.13 bits per heavy atom. The summed E-state index contributed by atoms with van der Waals surface area (Å²) in [6.45, 7) is 2.11. The first-order valence-electron chi connectivity index (χ1n) is 5.16. The zero-order valence-corrected chi connectivity index (χ0v) is 10.7. The molecule has 0 atom stereocenters. The van der Waals surface area contributed by atoms with Crippen molar-refractivity contribution >= 4 is 15.9 Å². The maximum atomic E-state index is 6.15. The van der Waals surface area contributed by atoms with Gasteiger partial charge in [-0.15, -0.1) is 0 Å². The largest absolute Gasteiger partial charge is 0.495 e. The fourth-order valence-corrected chi connectivity index (χ4v) is 2.36. The molecule has 1 saturated carbocycles. The topological polar surface area (TPSA) is 35.2 Å². The lowest BCUT2D eigenvalue weighted by atomic mass is 9.99. The predicted octanol–water partition coefficient (Wildman–Crippen LogP) is 2.80. The molecular weight excluding hydrogens is 254 g/mol. The number of rotatable bonds is 3. The summed E-state index contributed by atoms with van der Waals surface area (Å²) >= 11 is 3.50. The number of methoxy groups -OCH3 is 1. The number of hydrogen-bond acceptors (Lipinski definition) is 2. The molecule has 0 saturated heterocycles. The first kappa shape index (κ1) is 11.0. The highest BCUT2D eigenvalue weighted by Crippen LogP contribution is 2.40. The fourth-order valence-electron chi connectivity index (χ4n) is 1.83. The summed E-state index contributed by atoms with van der Waals surface area (Å²) < 4.78 is 6.44. The molecule has 1 aromatic carbocycles. The first-order chi connectivity index (χ1) is 7.06. The molecule has 15 heavy (non-hydrogen) atoms. The van der Waals surface area contributed by atoms with E-state index in [1.54, 1.807) is 7.11 Å². The van der Waals surface area contributed by atoms with E-state index in [0.29, 0.717) is 0 Å². The van der Waals surface area contributed by atoms with Crippen LogP contribution >= 0.6 is 15.9 Å². The van der Waals surface area contributed by atoms with E-state index >= 15 is 0 Å². The van der Waals surface area contributed by atoms with Gasteiger partial charge in [0, 0.05) is 11.1 Å². The van der Waals surface area contributed by atoms with Crippen LogP contribution in [0, 0.1) is 6.92 Å². The second-order valence-electron chi connectivity index (χ2n) is 4.42. The predicted molar refractivity (Wildman–Crippen MR) is 65.3 cm³/mol. The lowest BCUT2D eigenvalue weighted by Gasteiger charge is -2.16. The quantitative estimate of drug-likeness (QED) is 0.916. The van der Waals surface area contributed by atoms with Crippen molar-refractivity contribution in [2.45, 2.75) is 31.7 Å². The summed E-state index contributed by atoms with van der Waals surface area (Å²) in [5.74, 6) is 0.937. The van der Waals surface area contributed by atoms with Crippen molar-refractivity contribution in [1.82, 2.24) is 0 Å². The minimum absolute atomic E-state index is 0.0266. The van der Waals surface area contributed by atoms with Gasteiger partial charge in [-0.2, -0.15) is 0 Å². The van der Waals surface area contributed by atoms with Crippen molar-refractivity contribution in [1.29, 1.82) is 0 Å². The molecule has 2 nitrogen and oxygen atoms in total. The number of halogens is 1. The van der Waals surface area contributed by atoms with Gasteiger partial charge in [0.1, 0.15) is 5.75 Å². The van der Waals surface area contributed by atoms with Gasteiger partial charge in [-0.3, -0.25) is 0 Å². The molecule has 1 aliphatic rings. The minimum Gasteiger partial charge on any atom is -0.495 e. The molecule has 0 radical (unpaired) electrons. The van der Waals surface area contributed by atoms with Crippen LogP contribution in [0.3, 0.4) is 0 Å². The van der Waals surface area contributed by atoms with Gasteiger partial charge in [0.2, 0.25) is 0 Å². The fraction of sp³-hybridized carbons (Fsp3) is 0.500. The number of aryl methyl sites for hydroxylation is 1. The second kappa shape index (κ2) is 3.80. The summed E-state index contributed by atoms with van der Waals surface area (Å²) in [6.07, 6.45) is 3.17. The third-order valence-corrected chi connectivity index (χ3v) is 3.70. The molecule has 0 unspecified atom stereocenters. The molecule has 2 rings (SSSR count). The van der Waals surface area contributed by atoms with E-state index in [9.17, 15) is 0 Å². The average molecular weight is 270 g/mol. The van der Waals surface area contributed by atoms with Crippen LogP contribution in [-0.4, -0.2) is 12.6 Å². The van der Waals surface area contributed by atoms with Crippen LogP contribution in [0.1, 0.15) is 24.0 Å². The number of benzene rings is 1. The van der Waals surface area contributed by atoms with Crippen LogP contribution in [0.4, 0.5) is 0 Å². The van der Waals surface area contributed by atoms with Crippen LogP contribution in [0.15, 0.2) is 16.6 Å². The molecule has 2 N–H and O–H groups in total. The smallest absolute Gasteiger partial charge is 0.136 e. The molecule has 3 heteroatoms. The molecular formula is C12H16BrNO. The van der Waals surface area contributed by atoms with Crippen molar-refractivity contribution in [2.75, 3.05) is 7.11 Å². The van der Waals surface area contributed by atoms with Crippen LogP contribution in [0.5, 0.6) is 5.75 Å². The van der Waals surface area contributed by atoms with Gasteiger partial charge in [-0.25, -0.2) is 0 Å². The summed E-state index contributed by atoms with van der Waals surface area (Å²) in [6, 6.07) is 4.13. The summed E-state index contributed by atoms with van der Waals surface area (Å²) in [5.41, 5.74) is 8.68. The van der Waals surface area contributed by atoms with Crippen LogP contribution in [0.25, 0.3) is 0 Å². The van der Waals surface area contributed by atoms with E-state index in [0.717, 1.165) is 29.5 Å². The first-order valence-corrected chi connectivity index (χ1v) is 5.96. The minimum atomic E-state index is 0.0266. The summed E-state index contributed by atoms with van der Waals surface area (Å²) in [4.78, 5) is 0. The van der Waals surface area contributed by atoms with E-state index in [-0.39, 0.29) is 5.54 Å². The highest BCUT2D eigenvalue weighted by atomic mass is 79.9. The van der Waals surface area contributed by atoms with E-state index in [4.69, 9.17) is 10.5 Å². The molecule has 0 aliphatic heterocycles. The molecule has 1 fully saturated rings. The standard InChI is InChI=1S/C12H16BrNO/c1-8-3-4-10(13)11(15-2)9(8)7-12(14)5-6-12/h3-4H,5-7,14H2,1-2H3. The van der Waals surface area contributed by atoms with E-state index in [2.05, 4.69) is 28.9 Å². The molecule has 0 heterocycles. The number of ether oxygens (including phenoxy) is 1. The van der Waals surface area contributed by atoms with Gasteiger partial charge >= 0.3 is 0 Å². The molecule has 0 bridgehead atoms. The van der Waals surface area contributed by atoms with Crippen LogP contribution in [-0.2, 0) is 6.42 Å². The molecule has 0 amide bonds. The van der Waals surface area contributed by atoms with Gasteiger partial charge in [0.25, 0.3) is 0 Å². The third-order valence-electron chi connectivity index (χ3n) is 3.07. The van der Waals surface area contributed by atoms with Gasteiger partial charge in [-0.05, 0) is 53.7 Å². The Kier molecular flexibility index (Phi) is 2.77. The van der Waals surface area contributed by atoms with Crippen molar-refractivity contribution in [3.05, 3.63) is 27.7 Å². The van der Waals surface area contributed by atoms with Crippen molar-refractivity contribution in [3.63, 3.8) is 0 Å². The van der Waals surface area contributed by atoms with Gasteiger partial charge in [-0.1, -0.05) is 6.07 Å². The second-order valence-corrected chi connectivity index (χ2v) is 5.27. The Morgan fingerprint density at radius 3 is 2.67 bits per heavy atom.